The summed E-state index contributed by atoms with van der Waals surface area (Å²) in [6.45, 7) is 5.25. The first-order valence-corrected chi connectivity index (χ1v) is 18.4. The van der Waals surface area contributed by atoms with E-state index in [1.165, 1.54) is 120 Å². The van der Waals surface area contributed by atoms with Crippen LogP contribution in [0.3, 0.4) is 0 Å². The molecule has 234 valence electrons. The molecule has 0 N–H and O–H groups in total. The van der Waals surface area contributed by atoms with E-state index in [2.05, 4.69) is 13.8 Å². The van der Waals surface area contributed by atoms with E-state index in [0.717, 1.165) is 42.1 Å². The number of thioether (sulfide) groups is 1. The van der Waals surface area contributed by atoms with E-state index < -0.39 is 0 Å². The van der Waals surface area contributed by atoms with Crippen molar-refractivity contribution in [3.63, 3.8) is 0 Å². The van der Waals surface area contributed by atoms with Crippen LogP contribution >= 0.6 is 11.8 Å². The zero-order valence-corrected chi connectivity index (χ0v) is 27.9. The molecule has 0 saturated heterocycles. The molecule has 0 amide bonds. The van der Waals surface area contributed by atoms with Crippen LogP contribution in [-0.2, 0) is 0 Å². The Kier molecular flexibility index (Phi) is 22.0. The first kappa shape index (κ1) is 36.2. The van der Waals surface area contributed by atoms with Gasteiger partial charge in [0.2, 0.25) is 0 Å². The molecule has 2 rings (SSSR count). The van der Waals surface area contributed by atoms with Crippen molar-refractivity contribution in [1.29, 1.82) is 0 Å². The normalized spacial score (nSPS) is 11.4. The second-order valence-corrected chi connectivity index (χ2v) is 13.0. The quantitative estimate of drug-likeness (QED) is 0.0447. The summed E-state index contributed by atoms with van der Waals surface area (Å²) in [7, 11) is 0. The number of allylic oxidation sites excluding steroid dienone is 1. The molecule has 0 heterocycles. The molecule has 0 saturated carbocycles. The minimum absolute atomic E-state index is 0.0340. The third-order valence-electron chi connectivity index (χ3n) is 7.94. The lowest BCUT2D eigenvalue weighted by Crippen LogP contribution is -1.97. The minimum atomic E-state index is 0.0340. The highest BCUT2D eigenvalue weighted by molar-refractivity contribution is 7.99. The SMILES string of the molecule is CCCCCCCCCCCCCCCCCCCCCOc1ccc(/C=C/C(=O)c2ccc(SCCC)cc2)cc1. The molecule has 2 aromatic rings. The fourth-order valence-electron chi connectivity index (χ4n) is 5.25. The lowest BCUT2D eigenvalue weighted by Gasteiger charge is -2.07. The fourth-order valence-corrected chi connectivity index (χ4v) is 6.02. The summed E-state index contributed by atoms with van der Waals surface area (Å²) in [6, 6.07) is 15.9. The van der Waals surface area contributed by atoms with Gasteiger partial charge in [-0.2, -0.15) is 0 Å². The van der Waals surface area contributed by atoms with Gasteiger partial charge in [0, 0.05) is 10.5 Å². The van der Waals surface area contributed by atoms with E-state index >= 15 is 0 Å². The van der Waals surface area contributed by atoms with E-state index in [-0.39, 0.29) is 5.78 Å². The van der Waals surface area contributed by atoms with Crippen molar-refractivity contribution in [2.45, 2.75) is 147 Å². The van der Waals surface area contributed by atoms with Crippen LogP contribution in [0.2, 0.25) is 0 Å². The number of ether oxygens (including phenoxy) is 1. The molecular formula is C39H60O2S. The van der Waals surface area contributed by atoms with Gasteiger partial charge in [0.25, 0.3) is 0 Å². The van der Waals surface area contributed by atoms with Gasteiger partial charge in [0.1, 0.15) is 5.75 Å². The van der Waals surface area contributed by atoms with E-state index in [1.54, 1.807) is 6.08 Å². The van der Waals surface area contributed by atoms with Crippen molar-refractivity contribution in [2.24, 2.45) is 0 Å². The Morgan fingerprint density at radius 1 is 0.595 bits per heavy atom. The van der Waals surface area contributed by atoms with Gasteiger partial charge in [-0.15, -0.1) is 11.8 Å². The van der Waals surface area contributed by atoms with Gasteiger partial charge in [-0.25, -0.2) is 0 Å². The Bertz CT molecular complexity index is 932. The number of hydrogen-bond donors (Lipinski definition) is 0. The molecule has 0 fully saturated rings. The summed E-state index contributed by atoms with van der Waals surface area (Å²) >= 11 is 1.83. The Hall–Kier alpha value is -2.00. The van der Waals surface area contributed by atoms with Gasteiger partial charge in [-0.3, -0.25) is 4.79 Å². The Morgan fingerprint density at radius 2 is 1.07 bits per heavy atom. The number of ketones is 1. The molecule has 0 bridgehead atoms. The Morgan fingerprint density at radius 3 is 1.55 bits per heavy atom. The molecule has 2 aromatic carbocycles. The van der Waals surface area contributed by atoms with Crippen molar-refractivity contribution in [1.82, 2.24) is 0 Å². The second-order valence-electron chi connectivity index (χ2n) is 11.9. The maximum Gasteiger partial charge on any atom is 0.185 e. The number of carbonyl (C=O) groups excluding carboxylic acids is 1. The summed E-state index contributed by atoms with van der Waals surface area (Å²) in [4.78, 5) is 13.7. The average Bonchev–Trinajstić information content (AvgIpc) is 3.02. The summed E-state index contributed by atoms with van der Waals surface area (Å²) in [5.41, 5.74) is 1.74. The highest BCUT2D eigenvalue weighted by Gasteiger charge is 2.03. The van der Waals surface area contributed by atoms with E-state index in [0.29, 0.717) is 0 Å². The van der Waals surface area contributed by atoms with Gasteiger partial charge in [0.05, 0.1) is 6.61 Å². The molecular weight excluding hydrogens is 532 g/mol. The number of hydrogen-bond acceptors (Lipinski definition) is 3. The Labute approximate surface area is 263 Å². The lowest BCUT2D eigenvalue weighted by molar-refractivity contribution is 0.104. The van der Waals surface area contributed by atoms with Gasteiger partial charge in [-0.1, -0.05) is 148 Å². The van der Waals surface area contributed by atoms with Crippen LogP contribution in [0.4, 0.5) is 0 Å². The predicted octanol–water partition coefficient (Wildman–Crippen LogP) is 12.9. The van der Waals surface area contributed by atoms with Crippen molar-refractivity contribution in [2.75, 3.05) is 12.4 Å². The van der Waals surface area contributed by atoms with Gasteiger partial charge in [0.15, 0.2) is 5.78 Å². The first-order chi connectivity index (χ1) is 20.7. The minimum Gasteiger partial charge on any atom is -0.494 e. The summed E-state index contributed by atoms with van der Waals surface area (Å²) in [6.07, 6.45) is 31.2. The zero-order valence-electron chi connectivity index (χ0n) is 27.1. The summed E-state index contributed by atoms with van der Waals surface area (Å²) < 4.78 is 5.94. The van der Waals surface area contributed by atoms with Crippen LogP contribution in [0, 0.1) is 0 Å². The third-order valence-corrected chi connectivity index (χ3v) is 9.15. The number of unbranched alkanes of at least 4 members (excludes halogenated alkanes) is 18. The maximum absolute atomic E-state index is 12.5. The van der Waals surface area contributed by atoms with Crippen molar-refractivity contribution in [3.05, 3.63) is 65.7 Å². The molecule has 0 aliphatic heterocycles. The molecule has 3 heteroatoms. The molecule has 0 aromatic heterocycles. The van der Waals surface area contributed by atoms with Crippen LogP contribution in [0.1, 0.15) is 158 Å². The largest absolute Gasteiger partial charge is 0.494 e. The Balaban J connectivity index is 1.40. The number of carbonyl (C=O) groups is 1. The molecule has 0 atom stereocenters. The monoisotopic (exact) mass is 592 g/mol. The number of rotatable bonds is 27. The zero-order chi connectivity index (χ0) is 29.9. The summed E-state index contributed by atoms with van der Waals surface area (Å²) in [5, 5.41) is 0. The molecule has 42 heavy (non-hydrogen) atoms. The van der Waals surface area contributed by atoms with Crippen molar-refractivity contribution in [3.8, 4) is 5.75 Å². The van der Waals surface area contributed by atoms with E-state index in [1.807, 2.05) is 66.4 Å². The van der Waals surface area contributed by atoms with Crippen LogP contribution in [0.5, 0.6) is 5.75 Å². The van der Waals surface area contributed by atoms with Crippen molar-refractivity contribution >= 4 is 23.6 Å². The standard InChI is InChI=1S/C39H60O2S/c1-3-5-6-7-8-9-10-11-12-13-14-15-16-17-18-19-20-21-22-33-41-37-28-23-35(24-29-37)25-32-39(40)36-26-30-38(31-27-36)42-34-4-2/h23-32H,3-22,33-34H2,1-2H3/b32-25+. The molecule has 0 spiro atoms. The van der Waals surface area contributed by atoms with Crippen LogP contribution < -0.4 is 4.74 Å². The molecule has 2 nitrogen and oxygen atoms in total. The molecule has 0 aliphatic rings. The van der Waals surface area contributed by atoms with Crippen LogP contribution in [-0.4, -0.2) is 18.1 Å². The van der Waals surface area contributed by atoms with E-state index in [9.17, 15) is 4.79 Å². The fraction of sp³-hybridized carbons (Fsp3) is 0.615. The van der Waals surface area contributed by atoms with Crippen LogP contribution in [0.15, 0.2) is 59.5 Å². The highest BCUT2D eigenvalue weighted by atomic mass is 32.2. The van der Waals surface area contributed by atoms with Crippen LogP contribution in [0.25, 0.3) is 6.08 Å². The van der Waals surface area contributed by atoms with Gasteiger partial charge >= 0.3 is 0 Å². The topological polar surface area (TPSA) is 26.3 Å². The van der Waals surface area contributed by atoms with E-state index in [4.69, 9.17) is 4.74 Å². The van der Waals surface area contributed by atoms with Crippen molar-refractivity contribution < 1.29 is 9.53 Å². The second kappa shape index (κ2) is 25.5. The van der Waals surface area contributed by atoms with Gasteiger partial charge in [-0.05, 0) is 66.6 Å². The van der Waals surface area contributed by atoms with Gasteiger partial charge < -0.3 is 4.74 Å². The molecule has 0 aliphatic carbocycles. The number of benzene rings is 2. The smallest absolute Gasteiger partial charge is 0.185 e. The predicted molar refractivity (Wildman–Crippen MR) is 186 cm³/mol. The molecule has 0 radical (unpaired) electrons. The summed E-state index contributed by atoms with van der Waals surface area (Å²) in [5.74, 6) is 2.04. The maximum atomic E-state index is 12.5. The third kappa shape index (κ3) is 18.5. The lowest BCUT2D eigenvalue weighted by atomic mass is 10.0. The molecule has 0 unspecified atom stereocenters. The first-order valence-electron chi connectivity index (χ1n) is 17.4. The highest BCUT2D eigenvalue weighted by Crippen LogP contribution is 2.20. The average molecular weight is 593 g/mol.